The molecule has 0 aromatic heterocycles. The van der Waals surface area contributed by atoms with Gasteiger partial charge in [0.05, 0.1) is 6.61 Å². The van der Waals surface area contributed by atoms with Gasteiger partial charge in [-0.2, -0.15) is 0 Å². The van der Waals surface area contributed by atoms with Gasteiger partial charge in [-0.3, -0.25) is 8.95 Å². The molecule has 14 heavy (non-hydrogen) atoms. The summed E-state index contributed by atoms with van der Waals surface area (Å²) in [6.45, 7) is 1.25. The van der Waals surface area contributed by atoms with E-state index >= 15 is 0 Å². The number of halogens is 3. The molecular formula is C7H14F3NO2S. The lowest BCUT2D eigenvalue weighted by Gasteiger charge is -2.09. The molecule has 0 aromatic rings. The molecule has 0 aromatic carbocycles. The summed E-state index contributed by atoms with van der Waals surface area (Å²) in [5, 5.41) is 0. The molecule has 0 aliphatic carbocycles. The van der Waals surface area contributed by atoms with E-state index in [0.717, 1.165) is 0 Å². The van der Waals surface area contributed by atoms with Crippen LogP contribution in [0.15, 0.2) is 0 Å². The van der Waals surface area contributed by atoms with Crippen molar-refractivity contribution in [1.82, 2.24) is 0 Å². The Labute approximate surface area is 83.3 Å². The Balaban J connectivity index is 3.55. The third-order valence-corrected chi connectivity index (χ3v) is 2.92. The van der Waals surface area contributed by atoms with Crippen molar-refractivity contribution < 1.29 is 22.1 Å². The minimum Gasteiger partial charge on any atom is -0.327 e. The maximum Gasteiger partial charge on any atom is 0.522 e. The largest absolute Gasteiger partial charge is 0.522 e. The summed E-state index contributed by atoms with van der Waals surface area (Å²) in [4.78, 5) is 0. The molecule has 86 valence electrons. The summed E-state index contributed by atoms with van der Waals surface area (Å²) in [6.07, 6.45) is -3.98. The molecule has 2 atom stereocenters. The zero-order valence-electron chi connectivity index (χ0n) is 7.84. The van der Waals surface area contributed by atoms with Gasteiger partial charge in [-0.15, -0.1) is 13.2 Å². The monoisotopic (exact) mass is 233 g/mol. The van der Waals surface area contributed by atoms with E-state index in [0.29, 0.717) is 6.42 Å². The van der Waals surface area contributed by atoms with Crippen LogP contribution in [0.4, 0.5) is 13.2 Å². The van der Waals surface area contributed by atoms with E-state index in [1.54, 1.807) is 0 Å². The predicted molar refractivity (Wildman–Crippen MR) is 48.1 cm³/mol. The van der Waals surface area contributed by atoms with E-state index in [4.69, 9.17) is 5.73 Å². The normalized spacial score (nSPS) is 16.6. The van der Waals surface area contributed by atoms with Crippen molar-refractivity contribution in [2.24, 2.45) is 5.73 Å². The van der Waals surface area contributed by atoms with Crippen molar-refractivity contribution in [3.8, 4) is 0 Å². The lowest BCUT2D eigenvalue weighted by atomic mass is 10.3. The Kier molecular flexibility index (Phi) is 6.30. The summed E-state index contributed by atoms with van der Waals surface area (Å²) >= 11 is 0. The Morgan fingerprint density at radius 2 is 2.07 bits per heavy atom. The fraction of sp³-hybridized carbons (Fsp3) is 1.00. The molecule has 0 aliphatic heterocycles. The van der Waals surface area contributed by atoms with Gasteiger partial charge in [-0.05, 0) is 6.42 Å². The topological polar surface area (TPSA) is 52.3 Å². The molecule has 0 heterocycles. The van der Waals surface area contributed by atoms with Gasteiger partial charge in [-0.25, -0.2) is 0 Å². The summed E-state index contributed by atoms with van der Waals surface area (Å²) in [6, 6.07) is -0.221. The first-order valence-electron chi connectivity index (χ1n) is 4.16. The minimum absolute atomic E-state index is 0.132. The molecule has 0 radical (unpaired) electrons. The molecule has 0 spiro atoms. The number of ether oxygens (including phenoxy) is 1. The van der Waals surface area contributed by atoms with Crippen molar-refractivity contribution in [1.29, 1.82) is 0 Å². The maximum absolute atomic E-state index is 11.5. The SMILES string of the molecule is CCC(N)CS(=O)CCOC(F)(F)F. The van der Waals surface area contributed by atoms with Gasteiger partial charge < -0.3 is 5.73 Å². The molecule has 2 unspecified atom stereocenters. The average molecular weight is 233 g/mol. The first kappa shape index (κ1) is 13.9. The third kappa shape index (κ3) is 8.46. The molecule has 0 aliphatic rings. The first-order chi connectivity index (χ1) is 6.35. The van der Waals surface area contributed by atoms with Gasteiger partial charge >= 0.3 is 6.36 Å². The van der Waals surface area contributed by atoms with Crippen molar-refractivity contribution in [2.75, 3.05) is 18.1 Å². The smallest absolute Gasteiger partial charge is 0.327 e. The van der Waals surface area contributed by atoms with Crippen LogP contribution < -0.4 is 5.73 Å². The molecule has 0 bridgehead atoms. The van der Waals surface area contributed by atoms with Crippen molar-refractivity contribution >= 4 is 10.8 Å². The predicted octanol–water partition coefficient (Wildman–Crippen LogP) is 1.01. The summed E-state index contributed by atoms with van der Waals surface area (Å²) < 4.78 is 49.0. The van der Waals surface area contributed by atoms with Crippen LogP contribution in [0.1, 0.15) is 13.3 Å². The quantitative estimate of drug-likeness (QED) is 0.745. The second kappa shape index (κ2) is 6.36. The number of hydrogen-bond donors (Lipinski definition) is 1. The Morgan fingerprint density at radius 1 is 1.50 bits per heavy atom. The first-order valence-corrected chi connectivity index (χ1v) is 5.65. The Morgan fingerprint density at radius 3 is 2.50 bits per heavy atom. The summed E-state index contributed by atoms with van der Waals surface area (Å²) in [5.41, 5.74) is 5.48. The second-order valence-corrected chi connectivity index (χ2v) is 4.39. The van der Waals surface area contributed by atoms with E-state index in [1.807, 2.05) is 6.92 Å². The Hall–Kier alpha value is -0.140. The molecule has 2 N–H and O–H groups in total. The van der Waals surface area contributed by atoms with E-state index in [-0.39, 0.29) is 17.5 Å². The highest BCUT2D eigenvalue weighted by Gasteiger charge is 2.28. The zero-order chi connectivity index (χ0) is 11.2. The van der Waals surface area contributed by atoms with Gasteiger partial charge in [0, 0.05) is 28.3 Å². The molecule has 0 saturated carbocycles. The fourth-order valence-electron chi connectivity index (χ4n) is 0.690. The average Bonchev–Trinajstić information content (AvgIpc) is 2.01. The lowest BCUT2D eigenvalue weighted by molar-refractivity contribution is -0.322. The molecule has 0 amide bonds. The summed E-state index contributed by atoms with van der Waals surface area (Å²) in [5.74, 6) is 0.0882. The number of alkyl halides is 3. The van der Waals surface area contributed by atoms with E-state index in [2.05, 4.69) is 4.74 Å². The highest BCUT2D eigenvalue weighted by atomic mass is 32.2. The third-order valence-electron chi connectivity index (χ3n) is 1.50. The molecule has 7 heteroatoms. The van der Waals surface area contributed by atoms with Crippen LogP contribution in [0.3, 0.4) is 0 Å². The van der Waals surface area contributed by atoms with Crippen LogP contribution in [-0.2, 0) is 15.5 Å². The number of rotatable bonds is 6. The molecule has 0 rings (SSSR count). The van der Waals surface area contributed by atoms with E-state index in [9.17, 15) is 17.4 Å². The highest BCUT2D eigenvalue weighted by molar-refractivity contribution is 7.85. The van der Waals surface area contributed by atoms with Gasteiger partial charge in [0.1, 0.15) is 0 Å². The lowest BCUT2D eigenvalue weighted by Crippen LogP contribution is -2.28. The number of hydrogen-bond acceptors (Lipinski definition) is 3. The van der Waals surface area contributed by atoms with Gasteiger partial charge in [-0.1, -0.05) is 6.92 Å². The van der Waals surface area contributed by atoms with Gasteiger partial charge in [0.25, 0.3) is 0 Å². The standard InChI is InChI=1S/C7H14F3NO2S/c1-2-6(11)5-14(12)4-3-13-7(8,9)10/h6H,2-5,11H2,1H3. The van der Waals surface area contributed by atoms with Crippen LogP contribution in [0, 0.1) is 0 Å². The number of nitrogens with two attached hydrogens (primary N) is 1. The van der Waals surface area contributed by atoms with Crippen LogP contribution >= 0.6 is 0 Å². The van der Waals surface area contributed by atoms with Crippen molar-refractivity contribution in [3.63, 3.8) is 0 Å². The molecule has 0 saturated heterocycles. The van der Waals surface area contributed by atoms with Crippen LogP contribution in [0.2, 0.25) is 0 Å². The second-order valence-electron chi connectivity index (χ2n) is 2.77. The molecular weight excluding hydrogens is 219 g/mol. The van der Waals surface area contributed by atoms with Crippen LogP contribution in [-0.4, -0.2) is 34.7 Å². The van der Waals surface area contributed by atoms with E-state index < -0.39 is 23.8 Å². The molecule has 3 nitrogen and oxygen atoms in total. The zero-order valence-corrected chi connectivity index (χ0v) is 8.66. The minimum atomic E-state index is -4.64. The van der Waals surface area contributed by atoms with Gasteiger partial charge in [0.2, 0.25) is 0 Å². The highest BCUT2D eigenvalue weighted by Crippen LogP contribution is 2.15. The maximum atomic E-state index is 11.5. The fourth-order valence-corrected chi connectivity index (χ4v) is 1.84. The Bertz CT molecular complexity index is 186. The van der Waals surface area contributed by atoms with Crippen molar-refractivity contribution in [3.05, 3.63) is 0 Å². The summed E-state index contributed by atoms with van der Waals surface area (Å²) in [7, 11) is -1.33. The van der Waals surface area contributed by atoms with Crippen molar-refractivity contribution in [2.45, 2.75) is 25.7 Å². The van der Waals surface area contributed by atoms with Crippen LogP contribution in [0.5, 0.6) is 0 Å². The van der Waals surface area contributed by atoms with Gasteiger partial charge in [0.15, 0.2) is 0 Å². The van der Waals surface area contributed by atoms with Crippen LogP contribution in [0.25, 0.3) is 0 Å². The van der Waals surface area contributed by atoms with E-state index in [1.165, 1.54) is 0 Å². The molecule has 0 fully saturated rings.